The van der Waals surface area contributed by atoms with Gasteiger partial charge in [0, 0.05) is 0 Å². The van der Waals surface area contributed by atoms with Crippen LogP contribution in [-0.2, 0) is 0 Å². The van der Waals surface area contributed by atoms with Crippen LogP contribution < -0.4 is 5.73 Å². The number of aromatic nitrogens is 1. The number of rotatable bonds is 1. The second-order valence-electron chi connectivity index (χ2n) is 3.08. The molecule has 0 aromatic carbocycles. The summed E-state index contributed by atoms with van der Waals surface area (Å²) in [5, 5.41) is 0. The van der Waals surface area contributed by atoms with Crippen LogP contribution in [0.3, 0.4) is 0 Å². The maximum Gasteiger partial charge on any atom is 0.137 e. The molecule has 1 aromatic rings. The number of nitrogens with zero attached hydrogens (tertiary/aromatic N) is 1. The number of anilines is 1. The molecule has 0 atom stereocenters. The van der Waals surface area contributed by atoms with E-state index < -0.39 is 0 Å². The third kappa shape index (κ3) is 1.25. The van der Waals surface area contributed by atoms with E-state index in [1.54, 1.807) is 11.3 Å². The fourth-order valence-corrected chi connectivity index (χ4v) is 2.64. The van der Waals surface area contributed by atoms with Gasteiger partial charge >= 0.3 is 0 Å². The van der Waals surface area contributed by atoms with E-state index >= 15 is 0 Å². The lowest BCUT2D eigenvalue weighted by atomic mass is 10.1. The largest absolute Gasteiger partial charge is 0.383 e. The van der Waals surface area contributed by atoms with E-state index in [2.05, 4.69) is 4.98 Å². The van der Waals surface area contributed by atoms with Crippen molar-refractivity contribution in [2.75, 3.05) is 5.73 Å². The van der Waals surface area contributed by atoms with Crippen LogP contribution in [0.25, 0.3) is 0 Å². The average molecular weight is 168 g/mol. The van der Waals surface area contributed by atoms with Crippen LogP contribution in [0.5, 0.6) is 0 Å². The molecule has 2 N–H and O–H groups in total. The summed E-state index contributed by atoms with van der Waals surface area (Å²) in [4.78, 5) is 5.38. The van der Waals surface area contributed by atoms with Crippen LogP contribution in [0.2, 0.25) is 0 Å². The van der Waals surface area contributed by atoms with E-state index in [0.717, 1.165) is 11.7 Å². The van der Waals surface area contributed by atoms with Crippen LogP contribution in [0.4, 0.5) is 5.82 Å². The standard InChI is InChI=1S/C8H12N2S/c9-8-7(11-5-10-8)6-3-1-2-4-6/h5-6H,1-4,9H2. The topological polar surface area (TPSA) is 38.9 Å². The number of hydrogen-bond acceptors (Lipinski definition) is 3. The van der Waals surface area contributed by atoms with Crippen molar-refractivity contribution in [3.63, 3.8) is 0 Å². The summed E-state index contributed by atoms with van der Waals surface area (Å²) in [5.41, 5.74) is 7.57. The molecule has 0 spiro atoms. The quantitative estimate of drug-likeness (QED) is 0.699. The average Bonchev–Trinajstić information content (AvgIpc) is 2.55. The van der Waals surface area contributed by atoms with Crippen molar-refractivity contribution in [3.05, 3.63) is 10.4 Å². The smallest absolute Gasteiger partial charge is 0.137 e. The maximum absolute atomic E-state index is 5.72. The van der Waals surface area contributed by atoms with Gasteiger partial charge in [-0.25, -0.2) is 4.98 Å². The number of thiazole rings is 1. The van der Waals surface area contributed by atoms with E-state index in [4.69, 9.17) is 5.73 Å². The summed E-state index contributed by atoms with van der Waals surface area (Å²) >= 11 is 1.71. The summed E-state index contributed by atoms with van der Waals surface area (Å²) in [6.07, 6.45) is 5.35. The highest BCUT2D eigenvalue weighted by molar-refractivity contribution is 7.10. The zero-order valence-electron chi connectivity index (χ0n) is 6.42. The lowest BCUT2D eigenvalue weighted by Gasteiger charge is -2.04. The zero-order valence-corrected chi connectivity index (χ0v) is 7.23. The van der Waals surface area contributed by atoms with E-state index in [1.807, 2.05) is 5.51 Å². The molecule has 1 aliphatic carbocycles. The predicted molar refractivity (Wildman–Crippen MR) is 47.7 cm³/mol. The Balaban J connectivity index is 2.21. The molecule has 0 aliphatic heterocycles. The monoisotopic (exact) mass is 168 g/mol. The molecular weight excluding hydrogens is 156 g/mol. The van der Waals surface area contributed by atoms with E-state index in [9.17, 15) is 0 Å². The molecule has 2 nitrogen and oxygen atoms in total. The van der Waals surface area contributed by atoms with E-state index in [1.165, 1.54) is 30.6 Å². The molecule has 0 amide bonds. The second-order valence-corrected chi connectivity index (χ2v) is 3.97. The minimum absolute atomic E-state index is 0.725. The molecule has 0 radical (unpaired) electrons. The lowest BCUT2D eigenvalue weighted by Crippen LogP contribution is -1.94. The first-order valence-corrected chi connectivity index (χ1v) is 4.95. The molecule has 1 heterocycles. The summed E-state index contributed by atoms with van der Waals surface area (Å²) in [6.45, 7) is 0. The SMILES string of the molecule is Nc1ncsc1C1CCCC1. The van der Waals surface area contributed by atoms with Crippen molar-refractivity contribution in [2.45, 2.75) is 31.6 Å². The molecular formula is C8H12N2S. The zero-order chi connectivity index (χ0) is 7.68. The van der Waals surface area contributed by atoms with Gasteiger partial charge in [-0.1, -0.05) is 12.8 Å². The van der Waals surface area contributed by atoms with Gasteiger partial charge in [0.05, 0.1) is 10.4 Å². The van der Waals surface area contributed by atoms with Gasteiger partial charge in [0.25, 0.3) is 0 Å². The molecule has 1 aromatic heterocycles. The van der Waals surface area contributed by atoms with Crippen molar-refractivity contribution in [3.8, 4) is 0 Å². The first-order chi connectivity index (χ1) is 5.38. The second kappa shape index (κ2) is 2.81. The van der Waals surface area contributed by atoms with Crippen molar-refractivity contribution < 1.29 is 0 Å². The Hall–Kier alpha value is -0.570. The Kier molecular flexibility index (Phi) is 1.82. The molecule has 11 heavy (non-hydrogen) atoms. The normalized spacial score (nSPS) is 19.3. The van der Waals surface area contributed by atoms with E-state index in [0.29, 0.717) is 0 Å². The molecule has 60 valence electrons. The van der Waals surface area contributed by atoms with Crippen LogP contribution in [0, 0.1) is 0 Å². The van der Waals surface area contributed by atoms with Crippen LogP contribution >= 0.6 is 11.3 Å². The van der Waals surface area contributed by atoms with Gasteiger partial charge in [-0.15, -0.1) is 11.3 Å². The molecule has 1 saturated carbocycles. The van der Waals surface area contributed by atoms with Crippen LogP contribution in [-0.4, -0.2) is 4.98 Å². The van der Waals surface area contributed by atoms with Gasteiger partial charge in [-0.2, -0.15) is 0 Å². The van der Waals surface area contributed by atoms with Gasteiger partial charge in [0.15, 0.2) is 0 Å². The fraction of sp³-hybridized carbons (Fsp3) is 0.625. The third-order valence-corrected chi connectivity index (χ3v) is 3.36. The minimum atomic E-state index is 0.725. The molecule has 0 unspecified atom stereocenters. The van der Waals surface area contributed by atoms with Gasteiger partial charge in [0.2, 0.25) is 0 Å². The predicted octanol–water partition coefficient (Wildman–Crippen LogP) is 2.38. The van der Waals surface area contributed by atoms with Crippen molar-refractivity contribution in [1.82, 2.24) is 4.98 Å². The molecule has 3 heteroatoms. The third-order valence-electron chi connectivity index (χ3n) is 2.35. The molecule has 0 bridgehead atoms. The maximum atomic E-state index is 5.72. The summed E-state index contributed by atoms with van der Waals surface area (Å²) < 4.78 is 0. The summed E-state index contributed by atoms with van der Waals surface area (Å²) in [7, 11) is 0. The van der Waals surface area contributed by atoms with Gasteiger partial charge < -0.3 is 5.73 Å². The Bertz CT molecular complexity index is 238. The number of nitrogen functional groups attached to an aromatic ring is 1. The molecule has 2 rings (SSSR count). The van der Waals surface area contributed by atoms with Crippen LogP contribution in [0.15, 0.2) is 5.51 Å². The van der Waals surface area contributed by atoms with Gasteiger partial charge in [-0.3, -0.25) is 0 Å². The highest BCUT2D eigenvalue weighted by atomic mass is 32.1. The minimum Gasteiger partial charge on any atom is -0.383 e. The first kappa shape index (κ1) is 7.10. The summed E-state index contributed by atoms with van der Waals surface area (Å²) in [6, 6.07) is 0. The summed E-state index contributed by atoms with van der Waals surface area (Å²) in [5.74, 6) is 1.49. The van der Waals surface area contributed by atoms with Gasteiger partial charge in [-0.05, 0) is 18.8 Å². The Labute approximate surface area is 70.5 Å². The van der Waals surface area contributed by atoms with Gasteiger partial charge in [0.1, 0.15) is 5.82 Å². The Morgan fingerprint density at radius 3 is 2.73 bits per heavy atom. The fourth-order valence-electron chi connectivity index (χ4n) is 1.76. The number of nitrogens with two attached hydrogens (primary N) is 1. The van der Waals surface area contributed by atoms with E-state index in [-0.39, 0.29) is 0 Å². The first-order valence-electron chi connectivity index (χ1n) is 4.07. The Morgan fingerprint density at radius 2 is 2.18 bits per heavy atom. The number of hydrogen-bond donors (Lipinski definition) is 1. The highest BCUT2D eigenvalue weighted by Crippen LogP contribution is 2.38. The molecule has 0 saturated heterocycles. The molecule has 1 aliphatic rings. The van der Waals surface area contributed by atoms with Crippen molar-refractivity contribution >= 4 is 17.2 Å². The van der Waals surface area contributed by atoms with Crippen LogP contribution in [0.1, 0.15) is 36.5 Å². The lowest BCUT2D eigenvalue weighted by molar-refractivity contribution is 0.738. The van der Waals surface area contributed by atoms with Crippen molar-refractivity contribution in [2.24, 2.45) is 0 Å². The molecule has 1 fully saturated rings. The highest BCUT2D eigenvalue weighted by Gasteiger charge is 2.20. The Morgan fingerprint density at radius 1 is 1.45 bits per heavy atom. The van der Waals surface area contributed by atoms with Crippen molar-refractivity contribution in [1.29, 1.82) is 0 Å².